The summed E-state index contributed by atoms with van der Waals surface area (Å²) in [6.45, 7) is 0.298. The van der Waals surface area contributed by atoms with Gasteiger partial charge in [0.25, 0.3) is 5.91 Å². The third-order valence-corrected chi connectivity index (χ3v) is 6.90. The summed E-state index contributed by atoms with van der Waals surface area (Å²) in [6, 6.07) is 13.2. The molecule has 0 bridgehead atoms. The van der Waals surface area contributed by atoms with Gasteiger partial charge in [-0.1, -0.05) is 66.7 Å². The largest absolute Gasteiger partial charge is 0.488 e. The molecule has 2 aromatic carbocycles. The molecular formula is C24H24Cl2N2O2S. The van der Waals surface area contributed by atoms with Gasteiger partial charge >= 0.3 is 0 Å². The van der Waals surface area contributed by atoms with Gasteiger partial charge in [0.2, 0.25) is 0 Å². The van der Waals surface area contributed by atoms with Crippen LogP contribution in [0.5, 0.6) is 5.75 Å². The van der Waals surface area contributed by atoms with E-state index >= 15 is 0 Å². The average Bonchev–Trinajstić information content (AvgIpc) is 2.98. The van der Waals surface area contributed by atoms with Gasteiger partial charge in [-0.3, -0.25) is 9.69 Å². The van der Waals surface area contributed by atoms with E-state index in [0.29, 0.717) is 33.2 Å². The Morgan fingerprint density at radius 3 is 2.61 bits per heavy atom. The quantitative estimate of drug-likeness (QED) is 0.375. The molecule has 2 aromatic rings. The van der Waals surface area contributed by atoms with Crippen molar-refractivity contribution in [2.75, 3.05) is 7.05 Å². The standard InChI is InChI=1S/C24H24Cl2N2O2S/c1-27-21(23(29)28(24(27)31)19-8-3-2-4-9-19)13-16-7-5-6-10-22(16)30-15-17-11-12-18(25)14-20(17)26/h5-7,10-14,19H,2-4,8-9,15H2,1H3/b21-13-. The van der Waals surface area contributed by atoms with E-state index in [1.165, 1.54) is 6.42 Å². The molecule has 1 aliphatic carbocycles. The van der Waals surface area contributed by atoms with Gasteiger partial charge in [-0.15, -0.1) is 0 Å². The van der Waals surface area contributed by atoms with Crippen LogP contribution in [0, 0.1) is 0 Å². The maximum Gasteiger partial charge on any atom is 0.277 e. The summed E-state index contributed by atoms with van der Waals surface area (Å²) in [6.07, 6.45) is 7.39. The fourth-order valence-corrected chi connectivity index (χ4v) is 4.90. The van der Waals surface area contributed by atoms with E-state index < -0.39 is 0 Å². The van der Waals surface area contributed by atoms with E-state index in [9.17, 15) is 4.79 Å². The molecule has 0 radical (unpaired) electrons. The summed E-state index contributed by atoms with van der Waals surface area (Å²) in [4.78, 5) is 16.9. The normalized spacial score (nSPS) is 18.9. The van der Waals surface area contributed by atoms with Crippen molar-refractivity contribution in [3.8, 4) is 5.75 Å². The Kier molecular flexibility index (Phi) is 6.85. The molecule has 1 heterocycles. The Morgan fingerprint density at radius 2 is 1.87 bits per heavy atom. The van der Waals surface area contributed by atoms with Gasteiger partial charge < -0.3 is 9.64 Å². The van der Waals surface area contributed by atoms with Crippen molar-refractivity contribution in [2.45, 2.75) is 44.8 Å². The van der Waals surface area contributed by atoms with E-state index in [-0.39, 0.29) is 11.9 Å². The van der Waals surface area contributed by atoms with Gasteiger partial charge in [0.05, 0.1) is 0 Å². The number of ether oxygens (including phenoxy) is 1. The minimum Gasteiger partial charge on any atom is -0.488 e. The number of nitrogens with zero attached hydrogens (tertiary/aromatic N) is 2. The lowest BCUT2D eigenvalue weighted by atomic mass is 9.94. The molecule has 0 atom stereocenters. The predicted molar refractivity (Wildman–Crippen MR) is 129 cm³/mol. The van der Waals surface area contributed by atoms with Gasteiger partial charge in [0.15, 0.2) is 5.11 Å². The fraction of sp³-hybridized carbons (Fsp3) is 0.333. The molecule has 1 aliphatic heterocycles. The molecule has 0 spiro atoms. The second-order valence-corrected chi connectivity index (χ2v) is 9.11. The predicted octanol–water partition coefficient (Wildman–Crippen LogP) is 6.30. The number of carbonyl (C=O) groups is 1. The van der Waals surface area contributed by atoms with Crippen LogP contribution >= 0.6 is 35.4 Å². The molecule has 1 saturated carbocycles. The van der Waals surface area contributed by atoms with E-state index in [0.717, 1.165) is 36.8 Å². The number of benzene rings is 2. The molecule has 1 saturated heterocycles. The minimum absolute atomic E-state index is 0.0325. The summed E-state index contributed by atoms with van der Waals surface area (Å²) in [5.74, 6) is 0.638. The van der Waals surface area contributed by atoms with Crippen LogP contribution in [0.1, 0.15) is 43.2 Å². The van der Waals surface area contributed by atoms with Crippen molar-refractivity contribution >= 4 is 52.5 Å². The SMILES string of the molecule is CN1C(=S)N(C2CCCCC2)C(=O)/C1=C/c1ccccc1OCc1ccc(Cl)cc1Cl. The molecule has 1 amide bonds. The number of likely N-dealkylation sites (N-methyl/N-ethyl adjacent to an activating group) is 1. The molecule has 4 nitrogen and oxygen atoms in total. The number of halogens is 2. The van der Waals surface area contributed by atoms with Crippen LogP contribution in [0.25, 0.3) is 6.08 Å². The molecule has 31 heavy (non-hydrogen) atoms. The second kappa shape index (κ2) is 9.60. The number of thiocarbonyl (C=S) groups is 1. The van der Waals surface area contributed by atoms with Gasteiger partial charge in [-0.05, 0) is 49.3 Å². The zero-order valence-corrected chi connectivity index (χ0v) is 19.6. The van der Waals surface area contributed by atoms with Crippen molar-refractivity contribution in [2.24, 2.45) is 0 Å². The Labute approximate surface area is 198 Å². The average molecular weight is 475 g/mol. The highest BCUT2D eigenvalue weighted by atomic mass is 35.5. The molecular weight excluding hydrogens is 451 g/mol. The zero-order chi connectivity index (χ0) is 22.0. The van der Waals surface area contributed by atoms with Crippen molar-refractivity contribution in [1.82, 2.24) is 9.80 Å². The lowest BCUT2D eigenvalue weighted by Gasteiger charge is -2.30. The Hall–Kier alpha value is -2.08. The maximum absolute atomic E-state index is 13.3. The van der Waals surface area contributed by atoms with Crippen LogP contribution in [0.3, 0.4) is 0 Å². The zero-order valence-electron chi connectivity index (χ0n) is 17.3. The molecule has 0 aromatic heterocycles. The minimum atomic E-state index is -0.0325. The summed E-state index contributed by atoms with van der Waals surface area (Å²) >= 11 is 17.9. The molecule has 2 fully saturated rings. The van der Waals surface area contributed by atoms with Crippen molar-refractivity contribution in [3.05, 3.63) is 69.3 Å². The van der Waals surface area contributed by atoms with Crippen molar-refractivity contribution < 1.29 is 9.53 Å². The van der Waals surface area contributed by atoms with Crippen LogP contribution < -0.4 is 4.74 Å². The van der Waals surface area contributed by atoms with E-state index in [2.05, 4.69) is 0 Å². The highest BCUT2D eigenvalue weighted by Gasteiger charge is 2.40. The molecule has 7 heteroatoms. The number of hydrogen-bond donors (Lipinski definition) is 0. The maximum atomic E-state index is 13.3. The monoisotopic (exact) mass is 474 g/mol. The molecule has 2 aliphatic rings. The van der Waals surface area contributed by atoms with E-state index in [4.69, 9.17) is 40.2 Å². The third kappa shape index (κ3) is 4.74. The van der Waals surface area contributed by atoms with Crippen LogP contribution in [0.4, 0.5) is 0 Å². The third-order valence-electron chi connectivity index (χ3n) is 5.84. The van der Waals surface area contributed by atoms with Gasteiger partial charge in [-0.25, -0.2) is 0 Å². The number of amides is 1. The van der Waals surface area contributed by atoms with Gasteiger partial charge in [0.1, 0.15) is 18.1 Å². The summed E-state index contributed by atoms with van der Waals surface area (Å²) < 4.78 is 6.05. The van der Waals surface area contributed by atoms with Crippen molar-refractivity contribution in [1.29, 1.82) is 0 Å². The van der Waals surface area contributed by atoms with Crippen molar-refractivity contribution in [3.63, 3.8) is 0 Å². The number of hydrogen-bond acceptors (Lipinski definition) is 3. The molecule has 162 valence electrons. The Bertz CT molecular complexity index is 1030. The molecule has 0 N–H and O–H groups in total. The van der Waals surface area contributed by atoms with Crippen LogP contribution in [0.15, 0.2) is 48.2 Å². The van der Waals surface area contributed by atoms with Gasteiger partial charge in [0, 0.05) is 34.3 Å². The Balaban J connectivity index is 1.57. The van der Waals surface area contributed by atoms with Crippen LogP contribution in [-0.2, 0) is 11.4 Å². The summed E-state index contributed by atoms with van der Waals surface area (Å²) in [5.41, 5.74) is 2.22. The lowest BCUT2D eigenvalue weighted by Crippen LogP contribution is -2.41. The molecule has 4 rings (SSSR count). The lowest BCUT2D eigenvalue weighted by molar-refractivity contribution is -0.124. The fourth-order valence-electron chi connectivity index (χ4n) is 4.11. The van der Waals surface area contributed by atoms with Crippen LogP contribution in [0.2, 0.25) is 10.0 Å². The van der Waals surface area contributed by atoms with E-state index in [1.807, 2.05) is 43.5 Å². The highest BCUT2D eigenvalue weighted by molar-refractivity contribution is 7.80. The van der Waals surface area contributed by atoms with E-state index in [1.54, 1.807) is 21.9 Å². The first kappa shape index (κ1) is 22.1. The number of rotatable bonds is 5. The topological polar surface area (TPSA) is 32.8 Å². The first-order chi connectivity index (χ1) is 15.0. The number of para-hydroxylation sites is 1. The Morgan fingerprint density at radius 1 is 1.13 bits per heavy atom. The highest BCUT2D eigenvalue weighted by Crippen LogP contribution is 2.32. The summed E-state index contributed by atoms with van der Waals surface area (Å²) in [7, 11) is 1.85. The summed E-state index contributed by atoms with van der Waals surface area (Å²) in [5, 5.41) is 1.72. The van der Waals surface area contributed by atoms with Crippen LogP contribution in [-0.4, -0.2) is 33.9 Å². The first-order valence-corrected chi connectivity index (χ1v) is 11.6. The second-order valence-electron chi connectivity index (χ2n) is 7.90. The first-order valence-electron chi connectivity index (χ1n) is 10.4. The molecule has 0 unspecified atom stereocenters. The number of carbonyl (C=O) groups excluding carboxylic acids is 1. The van der Waals surface area contributed by atoms with Gasteiger partial charge in [-0.2, -0.15) is 0 Å². The smallest absolute Gasteiger partial charge is 0.277 e.